The average molecular weight is 399 g/mol. The van der Waals surface area contributed by atoms with Gasteiger partial charge in [-0.05, 0) is 54.8 Å². The number of hydrogen-bond acceptors (Lipinski definition) is 5. The molecule has 0 saturated carbocycles. The van der Waals surface area contributed by atoms with E-state index in [2.05, 4.69) is 5.32 Å². The van der Waals surface area contributed by atoms with Gasteiger partial charge in [0.25, 0.3) is 5.91 Å². The van der Waals surface area contributed by atoms with Gasteiger partial charge in [-0.1, -0.05) is 18.2 Å². The van der Waals surface area contributed by atoms with Gasteiger partial charge in [0.15, 0.2) is 17.6 Å². The van der Waals surface area contributed by atoms with Gasteiger partial charge >= 0.3 is 5.97 Å². The molecule has 3 rings (SSSR count). The number of nitrogens with one attached hydrogen (secondary N) is 1. The van der Waals surface area contributed by atoms with Gasteiger partial charge in [-0.2, -0.15) is 0 Å². The molecule has 2 aromatic carbocycles. The predicted octanol–water partition coefficient (Wildman–Crippen LogP) is 2.90. The van der Waals surface area contributed by atoms with Gasteiger partial charge in [-0.15, -0.1) is 0 Å². The number of rotatable bonds is 7. The van der Waals surface area contributed by atoms with E-state index in [1.165, 1.54) is 25.1 Å². The van der Waals surface area contributed by atoms with E-state index in [9.17, 15) is 14.0 Å². The van der Waals surface area contributed by atoms with Gasteiger partial charge in [0.2, 0.25) is 0 Å². The summed E-state index contributed by atoms with van der Waals surface area (Å²) in [6.07, 6.45) is 2.46. The molecule has 0 aromatic heterocycles. The molecule has 0 spiro atoms. The Morgan fingerprint density at radius 2 is 1.86 bits per heavy atom. The van der Waals surface area contributed by atoms with Crippen molar-refractivity contribution in [3.8, 4) is 11.5 Å². The molecule has 152 valence electrons. The lowest BCUT2D eigenvalue weighted by atomic mass is 10.1. The van der Waals surface area contributed by atoms with Crippen molar-refractivity contribution in [3.63, 3.8) is 0 Å². The van der Waals surface area contributed by atoms with Crippen LogP contribution in [0.15, 0.2) is 48.5 Å². The Morgan fingerprint density at radius 3 is 2.62 bits per heavy atom. The highest BCUT2D eigenvalue weighted by molar-refractivity contribution is 5.90. The molecule has 0 saturated heterocycles. The minimum Gasteiger partial charge on any atom is -0.486 e. The van der Waals surface area contributed by atoms with Crippen LogP contribution in [0.4, 0.5) is 4.39 Å². The zero-order valence-corrected chi connectivity index (χ0v) is 16.0. The predicted molar refractivity (Wildman–Crippen MR) is 105 cm³/mol. The van der Waals surface area contributed by atoms with E-state index in [0.717, 1.165) is 11.1 Å². The fourth-order valence-corrected chi connectivity index (χ4v) is 2.72. The lowest BCUT2D eigenvalue weighted by Crippen LogP contribution is -2.36. The molecule has 6 nitrogen and oxygen atoms in total. The van der Waals surface area contributed by atoms with Gasteiger partial charge in [-0.25, -0.2) is 9.18 Å². The summed E-state index contributed by atoms with van der Waals surface area (Å²) in [5, 5.41) is 2.69. The molecule has 1 aliphatic rings. The van der Waals surface area contributed by atoms with Crippen molar-refractivity contribution in [3.05, 3.63) is 65.5 Å². The second-order valence-corrected chi connectivity index (χ2v) is 6.48. The molecule has 0 bridgehead atoms. The summed E-state index contributed by atoms with van der Waals surface area (Å²) in [4.78, 5) is 24.0. The SMILES string of the molecule is CC(OC(=O)/C=C/c1ccc2c(c1)OCCO2)C(=O)NCCc1ccc(F)cc1. The second kappa shape index (κ2) is 9.73. The molecule has 0 aliphatic carbocycles. The van der Waals surface area contributed by atoms with Gasteiger partial charge in [0.1, 0.15) is 19.0 Å². The molecule has 2 aromatic rings. The summed E-state index contributed by atoms with van der Waals surface area (Å²) >= 11 is 0. The van der Waals surface area contributed by atoms with Gasteiger partial charge in [0, 0.05) is 12.6 Å². The van der Waals surface area contributed by atoms with Crippen LogP contribution in [0.25, 0.3) is 6.08 Å². The quantitative estimate of drug-likeness (QED) is 0.573. The zero-order valence-electron chi connectivity index (χ0n) is 16.0. The number of hydrogen-bond donors (Lipinski definition) is 1. The summed E-state index contributed by atoms with van der Waals surface area (Å²) in [5.74, 6) is -0.0283. The van der Waals surface area contributed by atoms with Crippen molar-refractivity contribution in [1.82, 2.24) is 5.32 Å². The molecular formula is C22H22FNO5. The maximum atomic E-state index is 12.9. The highest BCUT2D eigenvalue weighted by Crippen LogP contribution is 2.31. The molecule has 7 heteroatoms. The summed E-state index contributed by atoms with van der Waals surface area (Å²) in [6, 6.07) is 11.4. The van der Waals surface area contributed by atoms with E-state index < -0.39 is 18.0 Å². The van der Waals surface area contributed by atoms with Crippen molar-refractivity contribution in [2.24, 2.45) is 0 Å². The highest BCUT2D eigenvalue weighted by Gasteiger charge is 2.16. The maximum absolute atomic E-state index is 12.9. The molecule has 1 amide bonds. The van der Waals surface area contributed by atoms with E-state index in [-0.39, 0.29) is 5.82 Å². The Hall–Kier alpha value is -3.35. The number of amides is 1. The fraction of sp³-hybridized carbons (Fsp3) is 0.273. The Kier molecular flexibility index (Phi) is 6.84. The number of carbonyl (C=O) groups is 2. The molecule has 1 heterocycles. The Bertz CT molecular complexity index is 895. The number of ether oxygens (including phenoxy) is 3. The number of benzene rings is 2. The minimum absolute atomic E-state index is 0.303. The standard InChI is InChI=1S/C22H22FNO5/c1-15(22(26)24-11-10-16-2-6-18(23)7-3-16)29-21(25)9-5-17-4-8-19-20(14-17)28-13-12-27-19/h2-9,14-15H,10-13H2,1H3,(H,24,26)/b9-5+. The van der Waals surface area contributed by atoms with E-state index in [1.807, 2.05) is 0 Å². The lowest BCUT2D eigenvalue weighted by Gasteiger charge is -2.18. The van der Waals surface area contributed by atoms with Crippen molar-refractivity contribution in [2.45, 2.75) is 19.4 Å². The topological polar surface area (TPSA) is 73.9 Å². The van der Waals surface area contributed by atoms with Gasteiger partial charge in [-0.3, -0.25) is 4.79 Å². The van der Waals surface area contributed by atoms with Crippen LogP contribution in [-0.4, -0.2) is 37.7 Å². The molecular weight excluding hydrogens is 377 g/mol. The third-order valence-corrected chi connectivity index (χ3v) is 4.27. The molecule has 29 heavy (non-hydrogen) atoms. The van der Waals surface area contributed by atoms with E-state index >= 15 is 0 Å². The normalized spacial score (nSPS) is 13.7. The summed E-state index contributed by atoms with van der Waals surface area (Å²) in [5.41, 5.74) is 1.65. The maximum Gasteiger partial charge on any atom is 0.331 e. The molecule has 1 atom stereocenters. The number of carbonyl (C=O) groups excluding carboxylic acids is 2. The molecule has 1 N–H and O–H groups in total. The monoisotopic (exact) mass is 399 g/mol. The third-order valence-electron chi connectivity index (χ3n) is 4.27. The first-order chi connectivity index (χ1) is 14.0. The van der Waals surface area contributed by atoms with Crippen molar-refractivity contribution in [2.75, 3.05) is 19.8 Å². The van der Waals surface area contributed by atoms with Crippen LogP contribution >= 0.6 is 0 Å². The second-order valence-electron chi connectivity index (χ2n) is 6.48. The Morgan fingerprint density at radius 1 is 1.14 bits per heavy atom. The van der Waals surface area contributed by atoms with Crippen LogP contribution in [0.1, 0.15) is 18.1 Å². The summed E-state index contributed by atoms with van der Waals surface area (Å²) < 4.78 is 28.9. The largest absolute Gasteiger partial charge is 0.486 e. The molecule has 1 aliphatic heterocycles. The average Bonchev–Trinajstić information content (AvgIpc) is 2.73. The lowest BCUT2D eigenvalue weighted by molar-refractivity contribution is -0.150. The first-order valence-corrected chi connectivity index (χ1v) is 9.32. The van der Waals surface area contributed by atoms with Crippen LogP contribution in [0, 0.1) is 5.82 Å². The number of esters is 1. The van der Waals surface area contributed by atoms with Crippen LogP contribution < -0.4 is 14.8 Å². The van der Waals surface area contributed by atoms with E-state index in [0.29, 0.717) is 37.7 Å². The minimum atomic E-state index is -0.930. The van der Waals surface area contributed by atoms with Crippen molar-refractivity contribution < 1.29 is 28.2 Å². The van der Waals surface area contributed by atoms with Crippen molar-refractivity contribution in [1.29, 1.82) is 0 Å². The molecule has 1 unspecified atom stereocenters. The zero-order chi connectivity index (χ0) is 20.6. The molecule has 0 fully saturated rings. The Balaban J connectivity index is 1.43. The first-order valence-electron chi connectivity index (χ1n) is 9.32. The van der Waals surface area contributed by atoms with Crippen LogP contribution in [0.5, 0.6) is 11.5 Å². The highest BCUT2D eigenvalue weighted by atomic mass is 19.1. The number of halogens is 1. The Labute approximate surface area is 168 Å². The third kappa shape index (κ3) is 6.07. The smallest absolute Gasteiger partial charge is 0.331 e. The van der Waals surface area contributed by atoms with E-state index in [1.54, 1.807) is 36.4 Å². The van der Waals surface area contributed by atoms with Crippen LogP contribution in [0.3, 0.4) is 0 Å². The summed E-state index contributed by atoms with van der Waals surface area (Å²) in [7, 11) is 0. The van der Waals surface area contributed by atoms with Crippen LogP contribution in [-0.2, 0) is 20.7 Å². The van der Waals surface area contributed by atoms with Gasteiger partial charge in [0.05, 0.1) is 0 Å². The molecule has 0 radical (unpaired) electrons. The van der Waals surface area contributed by atoms with Gasteiger partial charge < -0.3 is 19.5 Å². The fourth-order valence-electron chi connectivity index (χ4n) is 2.72. The van der Waals surface area contributed by atoms with Crippen molar-refractivity contribution >= 4 is 18.0 Å². The van der Waals surface area contributed by atoms with E-state index in [4.69, 9.17) is 14.2 Å². The van der Waals surface area contributed by atoms with Crippen LogP contribution in [0.2, 0.25) is 0 Å². The first kappa shape index (κ1) is 20.4. The summed E-state index contributed by atoms with van der Waals surface area (Å²) in [6.45, 7) is 2.86. The number of fused-ring (bicyclic) bond motifs is 1.